The Hall–Kier alpha value is -4.03. The quantitative estimate of drug-likeness (QED) is 0.0164. The van der Waals surface area contributed by atoms with Crippen LogP contribution in [0.25, 0.3) is 0 Å². The molecule has 8 rings (SSSR count). The summed E-state index contributed by atoms with van der Waals surface area (Å²) in [5.74, 6) is -15.1. The number of aliphatic hydroxyl groups excluding tert-OH is 15. The molecule has 7 saturated heterocycles. The van der Waals surface area contributed by atoms with Crippen LogP contribution in [0.15, 0.2) is 6.20 Å². The molecule has 7 fully saturated rings. The maximum atomic E-state index is 14.0. The van der Waals surface area contributed by atoms with Crippen LogP contribution < -0.4 is 101 Å². The van der Waals surface area contributed by atoms with Crippen LogP contribution in [0, 0.1) is 0 Å². The van der Waals surface area contributed by atoms with Gasteiger partial charge in [-0.1, -0.05) is 11.6 Å². The standard InChI is InChI=1S/C65H106N10O37S.2Na/c1-27(81)67-43-33(85)17-64(61(96)97,110-55(43)46(89)35(87)21-76)109-37(23-78)48(91)56-44(68-28(2)82)34(86)18-65(111-56,62(98)99)112-57-52(95)60(106-39(25-80)54(57)108-59-45(69-29(3)83)49(92)47(90)36(22-77)105-59)107-53-38(24-79)104-58(51(94)50(53)93)75(30(4)84)20-31-19-74(73-72-31)10-12-102-14-16-103-15-13-101-11-9-66-41(88)8-6-5-7-40-42-32(26-113-40)70-63(100)71-42;;/h19,32-40,42-60,76-80,85-87,89-95H,5-18,20-26H2,1-4H3,(H,66,88)(H,67,81)(H,68,82)(H,69,83)(H,96,97)(H,98,99)(H2,70,71,100);;/q;2*+1/p-2/t32?,33?,34?,35-,36?,37-,38?,39?,40-,42?,43?,44?,45?,46-,47?,48-,49?,50?,51?,52?,53?,54?,55?,56?,57?,58?,59?,60?,64?,65?;;/m1../s1. The molecular weight excluding hydrogens is 1590 g/mol. The molecular formula is C65H104N10Na2O37S. The van der Waals surface area contributed by atoms with Crippen molar-refractivity contribution in [2.75, 3.05) is 85.0 Å². The summed E-state index contributed by atoms with van der Waals surface area (Å²) >= 11 is 1.83. The molecule has 8 heterocycles. The summed E-state index contributed by atoms with van der Waals surface area (Å²) in [5.41, 5.74) is 0.109. The molecule has 0 spiro atoms. The van der Waals surface area contributed by atoms with Crippen LogP contribution in [0.5, 0.6) is 0 Å². The minimum atomic E-state index is -3.73. The van der Waals surface area contributed by atoms with Crippen LogP contribution >= 0.6 is 11.8 Å². The second-order valence-corrected chi connectivity index (χ2v) is 29.4. The maximum Gasteiger partial charge on any atom is 1.00 e. The van der Waals surface area contributed by atoms with E-state index in [9.17, 15) is 125 Å². The first kappa shape index (κ1) is 99.8. The molecule has 0 aliphatic carbocycles. The van der Waals surface area contributed by atoms with Gasteiger partial charge in [-0.3, -0.25) is 24.0 Å². The summed E-state index contributed by atoms with van der Waals surface area (Å²) in [6, 6.07) is -5.65. The van der Waals surface area contributed by atoms with Crippen molar-refractivity contribution in [2.24, 2.45) is 0 Å². The van der Waals surface area contributed by atoms with Gasteiger partial charge in [0.05, 0.1) is 128 Å². The van der Waals surface area contributed by atoms with Crippen molar-refractivity contribution < 1.29 is 241 Å². The van der Waals surface area contributed by atoms with E-state index >= 15 is 0 Å². The van der Waals surface area contributed by atoms with Gasteiger partial charge in [-0.15, -0.1) is 5.10 Å². The molecule has 25 unspecified atom stereocenters. The molecule has 644 valence electrons. The molecule has 7 aliphatic rings. The fourth-order valence-corrected chi connectivity index (χ4v) is 15.8. The Morgan fingerprint density at radius 1 is 0.652 bits per heavy atom. The van der Waals surface area contributed by atoms with E-state index in [2.05, 4.69) is 42.2 Å². The number of unbranched alkanes of at least 4 members (excludes halogenated alkanes) is 1. The van der Waals surface area contributed by atoms with E-state index in [1.165, 1.54) is 10.9 Å². The number of ether oxygens (including phenoxy) is 12. The zero-order chi connectivity index (χ0) is 82.9. The fourth-order valence-electron chi connectivity index (χ4n) is 14.3. The fraction of sp³-hybridized carbons (Fsp3) is 0.846. The molecule has 50 heteroatoms. The average Bonchev–Trinajstić information content (AvgIpc) is 1.37. The smallest absolute Gasteiger partial charge is 0.544 e. The average molecular weight is 1700 g/mol. The van der Waals surface area contributed by atoms with E-state index in [1.54, 1.807) is 0 Å². The third kappa shape index (κ3) is 25.6. The second-order valence-electron chi connectivity index (χ2n) is 28.1. The largest absolute Gasteiger partial charge is 1.00 e. The minimum Gasteiger partial charge on any atom is -0.544 e. The van der Waals surface area contributed by atoms with Gasteiger partial charge < -0.3 is 190 Å². The van der Waals surface area contributed by atoms with Crippen LogP contribution in [-0.2, 0) is 103 Å². The van der Waals surface area contributed by atoms with Crippen LogP contribution in [0.4, 0.5) is 4.79 Å². The summed E-state index contributed by atoms with van der Waals surface area (Å²) < 4.78 is 71.3. The van der Waals surface area contributed by atoms with Crippen LogP contribution in [0.1, 0.15) is 71.9 Å². The molecule has 21 N–H and O–H groups in total. The molecule has 1 aromatic heterocycles. The Labute approximate surface area is 705 Å². The molecule has 7 aliphatic heterocycles. The Balaban J connectivity index is 0.0000103. The number of nitrogens with zero attached hydrogens (tertiary/aromatic N) is 4. The number of carbonyl (C=O) groups excluding carboxylic acids is 8. The number of carbonyl (C=O) groups is 8. The van der Waals surface area contributed by atoms with Crippen LogP contribution in [0.2, 0.25) is 0 Å². The van der Waals surface area contributed by atoms with Gasteiger partial charge in [0, 0.05) is 64.5 Å². The number of aromatic nitrogens is 3. The number of thioether (sulfide) groups is 1. The van der Waals surface area contributed by atoms with E-state index in [0.717, 1.165) is 57.6 Å². The predicted molar refractivity (Wildman–Crippen MR) is 364 cm³/mol. The number of aliphatic carboxylic acids is 2. The number of fused-ring (bicyclic) bond motifs is 1. The van der Waals surface area contributed by atoms with E-state index < -0.39 is 252 Å². The second kappa shape index (κ2) is 46.3. The number of carboxylic acids is 2. The minimum absolute atomic E-state index is 0. The molecule has 0 saturated carbocycles. The first-order valence-corrected chi connectivity index (χ1v) is 37.6. The van der Waals surface area contributed by atoms with Crippen molar-refractivity contribution in [1.29, 1.82) is 0 Å². The number of aliphatic hydroxyl groups is 15. The number of carboxylic acid groups (broad SMARTS) is 2. The SMILES string of the molecule is CC(=O)NC1C(OC2C(CO)OC(OC3C(CO)OC(N(Cc4cn(CCOCCOCCOCCNC(=O)CCCC[C@H]5SCC6NC(=O)NC65)nn4)C(C)=O)C(O)C3O)C(O)C2OC2(C(=O)[O-])CC(O)C(NC(C)=O)C([C@H](O)[C@@H](CO)OC3(C(=O)[O-])CC(O)C(NC(C)=O)C([C@H](O)[C@H](O)CO)O3)O2)OC(CO)C(O)C1O.[Na+].[Na+]. The van der Waals surface area contributed by atoms with Crippen LogP contribution in [0.3, 0.4) is 0 Å². The Kier molecular flexibility index (Phi) is 40.2. The first-order chi connectivity index (χ1) is 53.6. The zero-order valence-electron chi connectivity index (χ0n) is 64.0. The molecule has 0 radical (unpaired) electrons. The van der Waals surface area contributed by atoms with Gasteiger partial charge in [0.2, 0.25) is 41.1 Å². The monoisotopic (exact) mass is 1690 g/mol. The normalized spacial score (nSPS) is 35.6. The van der Waals surface area contributed by atoms with E-state index in [0.29, 0.717) is 18.2 Å². The number of rotatable bonds is 42. The molecule has 0 bridgehead atoms. The molecule has 47 nitrogen and oxygen atoms in total. The van der Waals surface area contributed by atoms with E-state index in [4.69, 9.17) is 56.8 Å². The van der Waals surface area contributed by atoms with Gasteiger partial charge in [-0.05, 0) is 12.8 Å². The van der Waals surface area contributed by atoms with Crippen LogP contribution in [-0.4, -0.2) is 411 Å². The van der Waals surface area contributed by atoms with Gasteiger partial charge in [-0.2, -0.15) is 11.8 Å². The number of hydrogen-bond acceptors (Lipinski definition) is 40. The van der Waals surface area contributed by atoms with Crippen molar-refractivity contribution in [3.05, 3.63) is 11.9 Å². The number of urea groups is 1. The summed E-state index contributed by atoms with van der Waals surface area (Å²) in [5, 5.41) is 219. The maximum absolute atomic E-state index is 14.0. The third-order valence-electron chi connectivity index (χ3n) is 19.9. The van der Waals surface area contributed by atoms with Gasteiger partial charge in [0.25, 0.3) is 0 Å². The summed E-state index contributed by atoms with van der Waals surface area (Å²) in [7, 11) is 0. The Bertz CT molecular complexity index is 3290. The molecule has 0 aromatic carbocycles. The molecule has 30 atom stereocenters. The Morgan fingerprint density at radius 2 is 1.21 bits per heavy atom. The summed E-state index contributed by atoms with van der Waals surface area (Å²) in [4.78, 5) is 103. The first-order valence-electron chi connectivity index (χ1n) is 36.6. The van der Waals surface area contributed by atoms with Crippen molar-refractivity contribution in [3.8, 4) is 0 Å². The van der Waals surface area contributed by atoms with Crippen molar-refractivity contribution in [1.82, 2.24) is 51.8 Å². The molecule has 115 heavy (non-hydrogen) atoms. The van der Waals surface area contributed by atoms with Gasteiger partial charge in [0.15, 0.2) is 18.8 Å². The van der Waals surface area contributed by atoms with E-state index in [1.807, 2.05) is 11.8 Å². The third-order valence-corrected chi connectivity index (χ3v) is 21.5. The van der Waals surface area contributed by atoms with Crippen molar-refractivity contribution in [3.63, 3.8) is 0 Å². The van der Waals surface area contributed by atoms with E-state index in [-0.39, 0.29) is 135 Å². The number of nitrogens with one attached hydrogen (secondary N) is 6. The van der Waals surface area contributed by atoms with Crippen molar-refractivity contribution in [2.45, 2.75) is 261 Å². The summed E-state index contributed by atoms with van der Waals surface area (Å²) in [6.45, 7) is -1.29. The molecule has 7 amide bonds. The van der Waals surface area contributed by atoms with Gasteiger partial charge in [0.1, 0.15) is 127 Å². The van der Waals surface area contributed by atoms with Gasteiger partial charge >= 0.3 is 65.1 Å². The van der Waals surface area contributed by atoms with Crippen molar-refractivity contribution >= 4 is 59.3 Å². The zero-order valence-corrected chi connectivity index (χ0v) is 68.8. The number of amides is 7. The van der Waals surface area contributed by atoms with Gasteiger partial charge in [-0.25, -0.2) is 9.48 Å². The Morgan fingerprint density at radius 3 is 1.79 bits per heavy atom. The topological polar surface area (TPSA) is 703 Å². The number of hydrogen-bond donors (Lipinski definition) is 21. The molecule has 1 aromatic rings. The summed E-state index contributed by atoms with van der Waals surface area (Å²) in [6.07, 6.45) is -48.4. The predicted octanol–water partition coefficient (Wildman–Crippen LogP) is -21.2.